The first-order chi connectivity index (χ1) is 10.5. The van der Waals surface area contributed by atoms with Crippen LogP contribution >= 0.6 is 0 Å². The lowest BCUT2D eigenvalue weighted by atomic mass is 10.1. The molecule has 1 aromatic heterocycles. The summed E-state index contributed by atoms with van der Waals surface area (Å²) in [7, 11) is 4.35. The molecular formula is C18H27N3O. The predicted octanol–water partition coefficient (Wildman–Crippen LogP) is 3.18. The van der Waals surface area contributed by atoms with E-state index in [1.54, 1.807) is 0 Å². The fraction of sp³-hybridized carbons (Fsp3) is 0.611. The highest BCUT2D eigenvalue weighted by Crippen LogP contribution is 2.36. The number of rotatable bonds is 4. The van der Waals surface area contributed by atoms with Crippen LogP contribution in [-0.4, -0.2) is 48.1 Å². The number of pyridine rings is 1. The second-order valence-corrected chi connectivity index (χ2v) is 6.92. The Hall–Kier alpha value is -1.55. The molecule has 0 radical (unpaired) electrons. The lowest BCUT2D eigenvalue weighted by Gasteiger charge is -2.30. The van der Waals surface area contributed by atoms with Crippen LogP contribution in [0.1, 0.15) is 49.9 Å². The fourth-order valence-electron chi connectivity index (χ4n) is 3.40. The Balaban J connectivity index is 1.71. The van der Waals surface area contributed by atoms with Gasteiger partial charge in [0.15, 0.2) is 0 Å². The maximum atomic E-state index is 5.85. The highest BCUT2D eigenvalue weighted by atomic mass is 16.5. The first kappa shape index (κ1) is 15.3. The number of hydrogen-bond acceptors (Lipinski definition) is 4. The fourth-order valence-corrected chi connectivity index (χ4v) is 3.40. The summed E-state index contributed by atoms with van der Waals surface area (Å²) < 4.78 is 5.85. The quantitative estimate of drug-likeness (QED) is 0.854. The van der Waals surface area contributed by atoms with Crippen LogP contribution in [-0.2, 0) is 0 Å². The van der Waals surface area contributed by atoms with Crippen molar-refractivity contribution in [3.8, 4) is 5.88 Å². The van der Waals surface area contributed by atoms with Gasteiger partial charge in [0.25, 0.3) is 0 Å². The maximum absolute atomic E-state index is 5.85. The summed E-state index contributed by atoms with van der Waals surface area (Å²) in [6.45, 7) is 10.2. The molecular weight excluding hydrogens is 274 g/mol. The minimum Gasteiger partial charge on any atom is -0.475 e. The van der Waals surface area contributed by atoms with E-state index in [0.29, 0.717) is 24.6 Å². The highest BCUT2D eigenvalue weighted by molar-refractivity contribution is 5.35. The standard InChI is InChI=1S/C18H27N3O/c1-12(2)16-9-8-15-17(11-22-18(15)19-16)20(4)10-14-7-6-13(3)21(14)5/h8-9,12,14,17H,3,6-7,10-11H2,1-2,4-5H3/t14-,17?/m0/s1. The van der Waals surface area contributed by atoms with Crippen LogP contribution in [0.3, 0.4) is 0 Å². The molecule has 2 atom stereocenters. The molecule has 1 aromatic rings. The summed E-state index contributed by atoms with van der Waals surface area (Å²) in [4.78, 5) is 9.40. The van der Waals surface area contributed by atoms with Gasteiger partial charge >= 0.3 is 0 Å². The molecule has 0 bridgehead atoms. The lowest BCUT2D eigenvalue weighted by molar-refractivity contribution is 0.159. The molecule has 0 saturated carbocycles. The van der Waals surface area contributed by atoms with E-state index in [-0.39, 0.29) is 0 Å². The molecule has 0 N–H and O–H groups in total. The number of nitrogens with zero attached hydrogens (tertiary/aromatic N) is 3. The molecule has 3 rings (SSSR count). The number of fused-ring (bicyclic) bond motifs is 1. The molecule has 0 aromatic carbocycles. The van der Waals surface area contributed by atoms with Gasteiger partial charge in [0, 0.05) is 36.6 Å². The van der Waals surface area contributed by atoms with Gasteiger partial charge in [-0.1, -0.05) is 26.5 Å². The first-order valence-electron chi connectivity index (χ1n) is 8.22. The van der Waals surface area contributed by atoms with Gasteiger partial charge in [-0.25, -0.2) is 4.98 Å². The Morgan fingerprint density at radius 3 is 2.86 bits per heavy atom. The summed E-state index contributed by atoms with van der Waals surface area (Å²) in [6.07, 6.45) is 2.32. The molecule has 0 amide bonds. The highest BCUT2D eigenvalue weighted by Gasteiger charge is 2.32. The van der Waals surface area contributed by atoms with Gasteiger partial charge < -0.3 is 9.64 Å². The van der Waals surface area contributed by atoms with Crippen molar-refractivity contribution in [2.24, 2.45) is 0 Å². The number of likely N-dealkylation sites (N-methyl/N-ethyl adjacent to an activating group) is 2. The van der Waals surface area contributed by atoms with E-state index in [1.807, 2.05) is 0 Å². The second kappa shape index (κ2) is 5.92. The van der Waals surface area contributed by atoms with E-state index in [9.17, 15) is 0 Å². The van der Waals surface area contributed by atoms with Crippen molar-refractivity contribution < 1.29 is 4.74 Å². The molecule has 1 saturated heterocycles. The van der Waals surface area contributed by atoms with Crippen LogP contribution in [0.15, 0.2) is 24.4 Å². The second-order valence-electron chi connectivity index (χ2n) is 6.92. The molecule has 1 fully saturated rings. The van der Waals surface area contributed by atoms with Crippen LogP contribution in [0.2, 0.25) is 0 Å². The van der Waals surface area contributed by atoms with Gasteiger partial charge in [-0.3, -0.25) is 4.90 Å². The van der Waals surface area contributed by atoms with Gasteiger partial charge in [-0.05, 0) is 31.9 Å². The van der Waals surface area contributed by atoms with E-state index in [0.717, 1.165) is 24.5 Å². The Bertz CT molecular complexity index is 569. The average Bonchev–Trinajstić information content (AvgIpc) is 3.05. The summed E-state index contributed by atoms with van der Waals surface area (Å²) >= 11 is 0. The first-order valence-corrected chi connectivity index (χ1v) is 8.22. The summed E-state index contributed by atoms with van der Waals surface area (Å²) in [5, 5.41) is 0. The molecule has 2 aliphatic rings. The molecule has 3 heterocycles. The zero-order chi connectivity index (χ0) is 15.9. The molecule has 4 nitrogen and oxygen atoms in total. The number of ether oxygens (including phenoxy) is 1. The molecule has 2 aliphatic heterocycles. The number of allylic oxidation sites excluding steroid dienone is 1. The minimum atomic E-state index is 0.311. The van der Waals surface area contributed by atoms with Gasteiger partial charge in [0.05, 0.1) is 6.04 Å². The summed E-state index contributed by atoms with van der Waals surface area (Å²) in [6, 6.07) is 5.21. The number of aromatic nitrogens is 1. The van der Waals surface area contributed by atoms with Gasteiger partial charge in [0.2, 0.25) is 5.88 Å². The summed E-state index contributed by atoms with van der Waals surface area (Å²) in [5.74, 6) is 1.26. The minimum absolute atomic E-state index is 0.311. The van der Waals surface area contributed by atoms with Crippen LogP contribution in [0, 0.1) is 0 Å². The van der Waals surface area contributed by atoms with E-state index >= 15 is 0 Å². The van der Waals surface area contributed by atoms with Gasteiger partial charge in [-0.2, -0.15) is 0 Å². The zero-order valence-electron chi connectivity index (χ0n) is 14.2. The Labute approximate surface area is 133 Å². The van der Waals surface area contributed by atoms with Crippen molar-refractivity contribution in [3.05, 3.63) is 35.7 Å². The van der Waals surface area contributed by atoms with Crippen molar-refractivity contribution in [2.45, 2.75) is 44.7 Å². The van der Waals surface area contributed by atoms with Gasteiger partial charge in [0.1, 0.15) is 6.61 Å². The topological polar surface area (TPSA) is 28.6 Å². The van der Waals surface area contributed by atoms with Crippen LogP contribution < -0.4 is 4.74 Å². The van der Waals surface area contributed by atoms with Crippen LogP contribution in [0.4, 0.5) is 0 Å². The monoisotopic (exact) mass is 301 g/mol. The van der Waals surface area contributed by atoms with Crippen molar-refractivity contribution >= 4 is 0 Å². The Morgan fingerprint density at radius 1 is 1.45 bits per heavy atom. The Morgan fingerprint density at radius 2 is 2.23 bits per heavy atom. The summed E-state index contributed by atoms with van der Waals surface area (Å²) in [5.41, 5.74) is 3.59. The SMILES string of the molecule is C=C1CC[C@@H](CN(C)C2COc3nc(C(C)C)ccc32)N1C. The van der Waals surface area contributed by atoms with E-state index in [1.165, 1.54) is 17.7 Å². The smallest absolute Gasteiger partial charge is 0.218 e. The van der Waals surface area contributed by atoms with Crippen LogP contribution in [0.25, 0.3) is 0 Å². The predicted molar refractivity (Wildman–Crippen MR) is 89.1 cm³/mol. The van der Waals surface area contributed by atoms with Crippen molar-refractivity contribution in [1.29, 1.82) is 0 Å². The van der Waals surface area contributed by atoms with Gasteiger partial charge in [-0.15, -0.1) is 0 Å². The third-order valence-corrected chi connectivity index (χ3v) is 5.08. The number of likely N-dealkylation sites (tertiary alicyclic amines) is 1. The normalized spacial score (nSPS) is 24.3. The van der Waals surface area contributed by atoms with E-state index < -0.39 is 0 Å². The molecule has 0 aliphatic carbocycles. The largest absolute Gasteiger partial charge is 0.475 e. The third-order valence-electron chi connectivity index (χ3n) is 5.08. The molecule has 1 unspecified atom stereocenters. The zero-order valence-corrected chi connectivity index (χ0v) is 14.2. The van der Waals surface area contributed by atoms with E-state index in [4.69, 9.17) is 4.74 Å². The average molecular weight is 301 g/mol. The van der Waals surface area contributed by atoms with Crippen molar-refractivity contribution in [3.63, 3.8) is 0 Å². The van der Waals surface area contributed by atoms with E-state index in [2.05, 4.69) is 61.4 Å². The molecule has 120 valence electrons. The molecule has 0 spiro atoms. The number of hydrogen-bond donors (Lipinski definition) is 0. The lowest BCUT2D eigenvalue weighted by Crippen LogP contribution is -2.38. The maximum Gasteiger partial charge on any atom is 0.218 e. The molecule has 4 heteroatoms. The third kappa shape index (κ3) is 2.72. The van der Waals surface area contributed by atoms with Crippen molar-refractivity contribution in [2.75, 3.05) is 27.2 Å². The Kier molecular flexibility index (Phi) is 4.13. The van der Waals surface area contributed by atoms with Crippen LogP contribution in [0.5, 0.6) is 5.88 Å². The van der Waals surface area contributed by atoms with Crippen molar-refractivity contribution in [1.82, 2.24) is 14.8 Å². The molecule has 22 heavy (non-hydrogen) atoms.